The fraction of sp³-hybridized carbons (Fsp3) is 0.0968. The molecule has 0 bridgehead atoms. The summed E-state index contributed by atoms with van der Waals surface area (Å²) < 4.78 is 12.1. The molecule has 6 rings (SSSR count). The van der Waals surface area contributed by atoms with Crippen LogP contribution in [0.4, 0.5) is 0 Å². The fourth-order valence-electron chi connectivity index (χ4n) is 4.81. The van der Waals surface area contributed by atoms with Crippen LogP contribution in [-0.2, 0) is 6.42 Å². The standard InChI is InChI=1S/C31H23NO4/c33-29-25-16-7-8-17-26(25)36-30-27(29)28(32(31(30)34)19-18-21-10-3-1-4-11-21)22-12-9-15-24(20-22)35-23-13-5-2-6-14-23/h1-17,20,28H,18-19H2. The van der Waals surface area contributed by atoms with E-state index in [1.165, 1.54) is 0 Å². The summed E-state index contributed by atoms with van der Waals surface area (Å²) in [5, 5.41) is 0.468. The summed E-state index contributed by atoms with van der Waals surface area (Å²) >= 11 is 0. The maximum absolute atomic E-state index is 13.7. The molecule has 0 fully saturated rings. The minimum absolute atomic E-state index is 0.117. The zero-order valence-corrected chi connectivity index (χ0v) is 19.5. The van der Waals surface area contributed by atoms with Crippen LogP contribution in [0.25, 0.3) is 11.0 Å². The van der Waals surface area contributed by atoms with Crippen LogP contribution in [0.3, 0.4) is 0 Å². The molecule has 0 spiro atoms. The first kappa shape index (κ1) is 21.9. The van der Waals surface area contributed by atoms with Gasteiger partial charge in [-0.15, -0.1) is 0 Å². The van der Waals surface area contributed by atoms with Crippen LogP contribution < -0.4 is 10.2 Å². The molecule has 5 heteroatoms. The molecule has 1 aliphatic heterocycles. The molecule has 0 saturated carbocycles. The summed E-state index contributed by atoms with van der Waals surface area (Å²) in [6.45, 7) is 0.442. The maximum Gasteiger partial charge on any atom is 0.290 e. The molecule has 176 valence electrons. The van der Waals surface area contributed by atoms with Crippen LogP contribution in [0.1, 0.15) is 33.3 Å². The van der Waals surface area contributed by atoms with Crippen LogP contribution in [0.5, 0.6) is 11.5 Å². The molecule has 0 radical (unpaired) electrons. The van der Waals surface area contributed by atoms with Crippen molar-refractivity contribution in [1.82, 2.24) is 4.90 Å². The normalized spacial score (nSPS) is 14.7. The quantitative estimate of drug-likeness (QED) is 0.287. The van der Waals surface area contributed by atoms with E-state index in [4.69, 9.17) is 9.15 Å². The van der Waals surface area contributed by atoms with Crippen LogP contribution >= 0.6 is 0 Å². The predicted molar refractivity (Wildman–Crippen MR) is 138 cm³/mol. The summed E-state index contributed by atoms with van der Waals surface area (Å²) in [7, 11) is 0. The zero-order valence-electron chi connectivity index (χ0n) is 19.5. The molecule has 1 amide bonds. The van der Waals surface area contributed by atoms with E-state index in [9.17, 15) is 9.59 Å². The van der Waals surface area contributed by atoms with Crippen molar-refractivity contribution in [1.29, 1.82) is 0 Å². The third-order valence-corrected chi connectivity index (χ3v) is 6.51. The Kier molecular flexibility index (Phi) is 5.58. The predicted octanol–water partition coefficient (Wildman–Crippen LogP) is 6.37. The van der Waals surface area contributed by atoms with E-state index in [1.54, 1.807) is 29.2 Å². The second kappa shape index (κ2) is 9.19. The second-order valence-electron chi connectivity index (χ2n) is 8.79. The van der Waals surface area contributed by atoms with Crippen molar-refractivity contribution in [3.05, 3.63) is 142 Å². The van der Waals surface area contributed by atoms with Crippen LogP contribution in [0, 0.1) is 0 Å². The topological polar surface area (TPSA) is 59.8 Å². The Balaban J connectivity index is 1.45. The third-order valence-electron chi connectivity index (χ3n) is 6.51. The summed E-state index contributed by atoms with van der Waals surface area (Å²) in [6.07, 6.45) is 0.658. The van der Waals surface area contributed by atoms with Gasteiger partial charge in [0.05, 0.1) is 17.0 Å². The lowest BCUT2D eigenvalue weighted by molar-refractivity contribution is 0.0730. The number of fused-ring (bicyclic) bond motifs is 2. The van der Waals surface area contributed by atoms with Crippen molar-refractivity contribution >= 4 is 16.9 Å². The molecule has 4 aromatic carbocycles. The molecule has 5 nitrogen and oxygen atoms in total. The van der Waals surface area contributed by atoms with E-state index in [1.807, 2.05) is 84.9 Å². The van der Waals surface area contributed by atoms with E-state index in [0.717, 1.165) is 11.1 Å². The van der Waals surface area contributed by atoms with Crippen molar-refractivity contribution in [3.8, 4) is 11.5 Å². The Morgan fingerprint density at radius 2 is 1.44 bits per heavy atom. The number of carbonyl (C=O) groups is 1. The van der Waals surface area contributed by atoms with Crippen molar-refractivity contribution in [2.75, 3.05) is 6.54 Å². The third kappa shape index (κ3) is 3.95. The lowest BCUT2D eigenvalue weighted by atomic mass is 9.98. The number of para-hydroxylation sites is 2. The van der Waals surface area contributed by atoms with Gasteiger partial charge in [-0.25, -0.2) is 0 Å². The molecular formula is C31H23NO4. The van der Waals surface area contributed by atoms with Gasteiger partial charge in [0.1, 0.15) is 17.1 Å². The largest absolute Gasteiger partial charge is 0.457 e. The molecule has 0 aliphatic carbocycles. The molecule has 1 atom stereocenters. The van der Waals surface area contributed by atoms with E-state index in [-0.39, 0.29) is 17.1 Å². The number of hydrogen-bond donors (Lipinski definition) is 0. The summed E-state index contributed by atoms with van der Waals surface area (Å²) in [6, 6.07) is 33.6. The zero-order chi connectivity index (χ0) is 24.5. The number of ether oxygens (including phenoxy) is 1. The van der Waals surface area contributed by atoms with Crippen molar-refractivity contribution in [2.24, 2.45) is 0 Å². The number of hydrogen-bond acceptors (Lipinski definition) is 4. The Hall–Kier alpha value is -4.64. The number of benzene rings is 4. The molecule has 1 aliphatic rings. The number of nitrogens with zero attached hydrogens (tertiary/aromatic N) is 1. The average Bonchev–Trinajstić information content (AvgIpc) is 3.20. The Morgan fingerprint density at radius 1 is 0.750 bits per heavy atom. The number of carbonyl (C=O) groups excluding carboxylic acids is 1. The average molecular weight is 474 g/mol. The fourth-order valence-corrected chi connectivity index (χ4v) is 4.81. The molecule has 2 heterocycles. The first-order valence-electron chi connectivity index (χ1n) is 11.9. The monoisotopic (exact) mass is 473 g/mol. The maximum atomic E-state index is 13.7. The first-order chi connectivity index (χ1) is 17.7. The van der Waals surface area contributed by atoms with Gasteiger partial charge in [0.25, 0.3) is 5.91 Å². The van der Waals surface area contributed by atoms with Gasteiger partial charge in [-0.05, 0) is 53.9 Å². The molecule has 0 saturated heterocycles. The van der Waals surface area contributed by atoms with Gasteiger partial charge in [0.2, 0.25) is 5.76 Å². The SMILES string of the molecule is O=C1c2oc3ccccc3c(=O)c2C(c2cccc(Oc3ccccc3)c2)N1CCc1ccccc1. The van der Waals surface area contributed by atoms with E-state index in [0.29, 0.717) is 41.0 Å². The number of amides is 1. The second-order valence-corrected chi connectivity index (χ2v) is 8.79. The molecule has 0 N–H and O–H groups in total. The van der Waals surface area contributed by atoms with E-state index >= 15 is 0 Å². The van der Waals surface area contributed by atoms with Crippen LogP contribution in [-0.4, -0.2) is 17.4 Å². The van der Waals surface area contributed by atoms with Gasteiger partial charge in [-0.2, -0.15) is 0 Å². The van der Waals surface area contributed by atoms with Crippen LogP contribution in [0.15, 0.2) is 118 Å². The Morgan fingerprint density at radius 3 is 2.25 bits per heavy atom. The number of rotatable bonds is 6. The van der Waals surface area contributed by atoms with Crippen molar-refractivity contribution in [3.63, 3.8) is 0 Å². The Bertz CT molecular complexity index is 1610. The highest BCUT2D eigenvalue weighted by atomic mass is 16.5. The molecule has 1 unspecified atom stereocenters. The molecule has 1 aromatic heterocycles. The minimum atomic E-state index is -0.573. The van der Waals surface area contributed by atoms with Crippen molar-refractivity contribution < 1.29 is 13.9 Å². The van der Waals surface area contributed by atoms with Crippen molar-refractivity contribution in [2.45, 2.75) is 12.5 Å². The van der Waals surface area contributed by atoms with E-state index in [2.05, 4.69) is 0 Å². The van der Waals surface area contributed by atoms with Gasteiger partial charge < -0.3 is 14.1 Å². The summed E-state index contributed by atoms with van der Waals surface area (Å²) in [5.74, 6) is 1.19. The Labute approximate surface area is 208 Å². The molecular weight excluding hydrogens is 450 g/mol. The summed E-state index contributed by atoms with van der Waals surface area (Å²) in [5.41, 5.74) is 2.53. The van der Waals surface area contributed by atoms with E-state index < -0.39 is 6.04 Å². The smallest absolute Gasteiger partial charge is 0.290 e. The van der Waals surface area contributed by atoms with Gasteiger partial charge in [-0.1, -0.05) is 72.8 Å². The van der Waals surface area contributed by atoms with Gasteiger partial charge in [0.15, 0.2) is 5.43 Å². The van der Waals surface area contributed by atoms with Crippen LogP contribution in [0.2, 0.25) is 0 Å². The highest BCUT2D eigenvalue weighted by molar-refractivity contribution is 5.99. The molecule has 36 heavy (non-hydrogen) atoms. The van der Waals surface area contributed by atoms with Gasteiger partial charge >= 0.3 is 0 Å². The van der Waals surface area contributed by atoms with Gasteiger partial charge in [-0.3, -0.25) is 9.59 Å². The summed E-state index contributed by atoms with van der Waals surface area (Å²) in [4.78, 5) is 29.1. The molecule has 5 aromatic rings. The highest BCUT2D eigenvalue weighted by Gasteiger charge is 2.42. The first-order valence-corrected chi connectivity index (χ1v) is 11.9. The lowest BCUT2D eigenvalue weighted by Crippen LogP contribution is -2.31. The van der Waals surface area contributed by atoms with Gasteiger partial charge in [0, 0.05) is 6.54 Å². The minimum Gasteiger partial charge on any atom is -0.457 e. The highest BCUT2D eigenvalue weighted by Crippen LogP contribution is 2.39. The lowest BCUT2D eigenvalue weighted by Gasteiger charge is -2.25.